The van der Waals surface area contributed by atoms with Crippen LogP contribution < -0.4 is 10.7 Å². The van der Waals surface area contributed by atoms with Crippen LogP contribution in [0.25, 0.3) is 0 Å². The van der Waals surface area contributed by atoms with Gasteiger partial charge in [0, 0.05) is 29.7 Å². The van der Waals surface area contributed by atoms with Gasteiger partial charge in [0.05, 0.1) is 0 Å². The minimum absolute atomic E-state index is 0.207. The number of benzene rings is 1. The average Bonchev–Trinajstić information content (AvgIpc) is 2.64. The molecule has 0 bridgehead atoms. The molecule has 2 rings (SSSR count). The van der Waals surface area contributed by atoms with E-state index in [0.29, 0.717) is 0 Å². The Hall–Kier alpha value is -2.36. The number of amides is 1. The van der Waals surface area contributed by atoms with Gasteiger partial charge in [-0.05, 0) is 44.2 Å². The fourth-order valence-corrected chi connectivity index (χ4v) is 3.64. The molecule has 0 saturated carbocycles. The van der Waals surface area contributed by atoms with Gasteiger partial charge in [-0.1, -0.05) is 51.8 Å². The molecular weight excluding hydrogens is 336 g/mol. The second-order valence-electron chi connectivity index (χ2n) is 7.08. The minimum Gasteiger partial charge on any atom is -0.348 e. The fraction of sp³-hybridized carbons (Fsp3) is 0.478. The van der Waals surface area contributed by atoms with Gasteiger partial charge in [-0.15, -0.1) is 0 Å². The number of unbranched alkanes of at least 4 members (excludes halogenated alkanes) is 2. The number of nitrogens with zero attached hydrogens (tertiary/aromatic N) is 1. The van der Waals surface area contributed by atoms with Gasteiger partial charge in [-0.3, -0.25) is 9.59 Å². The summed E-state index contributed by atoms with van der Waals surface area (Å²) in [4.78, 5) is 25.7. The average molecular weight is 369 g/mol. The van der Waals surface area contributed by atoms with Crippen molar-refractivity contribution in [1.29, 1.82) is 0 Å². The Balaban J connectivity index is 2.43. The molecule has 0 saturated heterocycles. The highest BCUT2D eigenvalue weighted by atomic mass is 16.2. The van der Waals surface area contributed by atoms with Crippen molar-refractivity contribution in [3.05, 3.63) is 62.6 Å². The topological polar surface area (TPSA) is 51.1 Å². The van der Waals surface area contributed by atoms with Crippen molar-refractivity contribution >= 4 is 11.6 Å². The number of para-hydroxylation sites is 1. The molecule has 1 amide bonds. The standard InChI is InChI=1S/C23H32N2O2/c1-6-9-10-14-25-16(4)15-20(26)21(17(25)5)23(27)24-22-18(7-2)12-11-13-19(22)8-3/h11-13,15H,6-10,14H2,1-5H3,(H,24,27). The van der Waals surface area contributed by atoms with Crippen LogP contribution in [0.15, 0.2) is 29.1 Å². The first-order valence-electron chi connectivity index (χ1n) is 10.1. The number of carbonyl (C=O) groups excluding carboxylic acids is 1. The Morgan fingerprint density at radius 3 is 2.22 bits per heavy atom. The van der Waals surface area contributed by atoms with Crippen LogP contribution in [0, 0.1) is 13.8 Å². The van der Waals surface area contributed by atoms with Crippen LogP contribution in [0.4, 0.5) is 5.69 Å². The number of aromatic nitrogens is 1. The van der Waals surface area contributed by atoms with Crippen LogP contribution in [0.5, 0.6) is 0 Å². The summed E-state index contributed by atoms with van der Waals surface area (Å²) >= 11 is 0. The second kappa shape index (κ2) is 9.54. The van der Waals surface area contributed by atoms with Crippen LogP contribution in [0.2, 0.25) is 0 Å². The highest BCUT2D eigenvalue weighted by Crippen LogP contribution is 2.23. The van der Waals surface area contributed by atoms with Crippen LogP contribution in [0.3, 0.4) is 0 Å². The zero-order valence-corrected chi connectivity index (χ0v) is 17.3. The largest absolute Gasteiger partial charge is 0.348 e. The SMILES string of the molecule is CCCCCn1c(C)cc(=O)c(C(=O)Nc2c(CC)cccc2CC)c1C. The van der Waals surface area contributed by atoms with Crippen molar-refractivity contribution in [2.75, 3.05) is 5.32 Å². The maximum atomic E-state index is 13.1. The van der Waals surface area contributed by atoms with E-state index in [0.717, 1.165) is 66.9 Å². The Morgan fingerprint density at radius 2 is 1.67 bits per heavy atom. The molecule has 146 valence electrons. The number of hydrogen-bond acceptors (Lipinski definition) is 2. The Labute approximate surface area is 162 Å². The monoisotopic (exact) mass is 368 g/mol. The molecule has 0 aliphatic heterocycles. The van der Waals surface area contributed by atoms with Crippen molar-refractivity contribution in [3.8, 4) is 0 Å². The Morgan fingerprint density at radius 1 is 1.04 bits per heavy atom. The van der Waals surface area contributed by atoms with Crippen LogP contribution >= 0.6 is 0 Å². The van der Waals surface area contributed by atoms with Crippen molar-refractivity contribution in [3.63, 3.8) is 0 Å². The first-order valence-corrected chi connectivity index (χ1v) is 10.1. The molecule has 0 atom stereocenters. The molecule has 0 radical (unpaired) electrons. The molecule has 0 aliphatic carbocycles. The predicted octanol–water partition coefficient (Wildman–Crippen LogP) is 5.03. The van der Waals surface area contributed by atoms with Crippen molar-refractivity contribution in [1.82, 2.24) is 4.57 Å². The molecule has 4 nitrogen and oxygen atoms in total. The summed E-state index contributed by atoms with van der Waals surface area (Å²) < 4.78 is 2.10. The van der Waals surface area contributed by atoms with E-state index in [1.807, 2.05) is 32.0 Å². The lowest BCUT2D eigenvalue weighted by atomic mass is 10.0. The summed E-state index contributed by atoms with van der Waals surface area (Å²) in [7, 11) is 0. The molecule has 0 fully saturated rings. The van der Waals surface area contributed by atoms with Gasteiger partial charge in [0.15, 0.2) is 5.43 Å². The molecule has 1 aromatic heterocycles. The van der Waals surface area contributed by atoms with Gasteiger partial charge in [0.2, 0.25) is 0 Å². The third-order valence-electron chi connectivity index (χ3n) is 5.23. The molecular formula is C23H32N2O2. The maximum absolute atomic E-state index is 13.1. The molecule has 0 unspecified atom stereocenters. The lowest BCUT2D eigenvalue weighted by molar-refractivity contribution is 0.102. The highest BCUT2D eigenvalue weighted by Gasteiger charge is 2.19. The molecule has 1 aromatic carbocycles. The summed E-state index contributed by atoms with van der Waals surface area (Å²) in [6.45, 7) is 11.0. The summed E-state index contributed by atoms with van der Waals surface area (Å²) in [6, 6.07) is 7.66. The highest BCUT2D eigenvalue weighted by molar-refractivity contribution is 6.05. The molecule has 2 aromatic rings. The van der Waals surface area contributed by atoms with E-state index in [9.17, 15) is 9.59 Å². The molecule has 1 heterocycles. The minimum atomic E-state index is -0.308. The van der Waals surface area contributed by atoms with Crippen LogP contribution in [-0.4, -0.2) is 10.5 Å². The van der Waals surface area contributed by atoms with Crippen molar-refractivity contribution in [2.45, 2.75) is 73.3 Å². The van der Waals surface area contributed by atoms with E-state index >= 15 is 0 Å². The molecule has 1 N–H and O–H groups in total. The van der Waals surface area contributed by atoms with Gasteiger partial charge >= 0.3 is 0 Å². The van der Waals surface area contributed by atoms with E-state index in [1.165, 1.54) is 0 Å². The van der Waals surface area contributed by atoms with E-state index in [1.54, 1.807) is 6.07 Å². The lowest BCUT2D eigenvalue weighted by Gasteiger charge is -2.19. The van der Waals surface area contributed by atoms with E-state index in [2.05, 4.69) is 30.7 Å². The van der Waals surface area contributed by atoms with Crippen molar-refractivity contribution < 1.29 is 4.79 Å². The summed E-state index contributed by atoms with van der Waals surface area (Å²) in [6.07, 6.45) is 4.98. The van der Waals surface area contributed by atoms with E-state index < -0.39 is 0 Å². The first-order chi connectivity index (χ1) is 12.9. The Bertz CT molecular complexity index is 843. The van der Waals surface area contributed by atoms with Gasteiger partial charge in [-0.25, -0.2) is 0 Å². The first kappa shape index (κ1) is 20.9. The number of hydrogen-bond donors (Lipinski definition) is 1. The zero-order valence-electron chi connectivity index (χ0n) is 17.3. The second-order valence-corrected chi connectivity index (χ2v) is 7.08. The van der Waals surface area contributed by atoms with Crippen LogP contribution in [0.1, 0.15) is 72.9 Å². The summed E-state index contributed by atoms with van der Waals surface area (Å²) in [5.74, 6) is -0.308. The fourth-order valence-electron chi connectivity index (χ4n) is 3.64. The molecule has 4 heteroatoms. The third kappa shape index (κ3) is 4.68. The number of anilines is 1. The van der Waals surface area contributed by atoms with Crippen molar-refractivity contribution in [2.24, 2.45) is 0 Å². The predicted molar refractivity (Wildman–Crippen MR) is 113 cm³/mol. The third-order valence-corrected chi connectivity index (χ3v) is 5.23. The number of nitrogens with one attached hydrogen (secondary N) is 1. The Kier molecular flexibility index (Phi) is 7.40. The number of rotatable bonds is 8. The van der Waals surface area contributed by atoms with Gasteiger partial charge in [0.25, 0.3) is 5.91 Å². The lowest BCUT2D eigenvalue weighted by Crippen LogP contribution is -2.27. The molecule has 0 aliphatic rings. The van der Waals surface area contributed by atoms with Gasteiger partial charge < -0.3 is 9.88 Å². The summed E-state index contributed by atoms with van der Waals surface area (Å²) in [5, 5.41) is 3.04. The number of pyridine rings is 1. The van der Waals surface area contributed by atoms with E-state index in [-0.39, 0.29) is 16.9 Å². The van der Waals surface area contributed by atoms with E-state index in [4.69, 9.17) is 0 Å². The number of carbonyl (C=O) groups is 1. The quantitative estimate of drug-likeness (QED) is 0.664. The summed E-state index contributed by atoms with van der Waals surface area (Å²) in [5.41, 5.74) is 4.75. The van der Waals surface area contributed by atoms with Crippen LogP contribution in [-0.2, 0) is 19.4 Å². The smallest absolute Gasteiger partial charge is 0.261 e. The van der Waals surface area contributed by atoms with Gasteiger partial charge in [-0.2, -0.15) is 0 Å². The normalized spacial score (nSPS) is 10.9. The molecule has 27 heavy (non-hydrogen) atoms. The number of aryl methyl sites for hydroxylation is 3. The molecule has 0 spiro atoms. The maximum Gasteiger partial charge on any atom is 0.261 e. The zero-order chi connectivity index (χ0) is 20.0. The van der Waals surface area contributed by atoms with Gasteiger partial charge in [0.1, 0.15) is 5.56 Å².